The van der Waals surface area contributed by atoms with Crippen molar-refractivity contribution >= 4 is 17.0 Å². The summed E-state index contributed by atoms with van der Waals surface area (Å²) in [6, 6.07) is 11.4. The highest BCUT2D eigenvalue weighted by molar-refractivity contribution is 7.07. The summed E-state index contributed by atoms with van der Waals surface area (Å²) < 4.78 is 0. The quantitative estimate of drug-likeness (QED) is 0.887. The molecule has 1 N–H and O–H groups in total. The van der Waals surface area contributed by atoms with Crippen LogP contribution in [0, 0.1) is 0 Å². The average Bonchev–Trinajstić information content (AvgIpc) is 2.89. The first kappa shape index (κ1) is 13.1. The van der Waals surface area contributed by atoms with Crippen LogP contribution in [0.4, 0.5) is 5.69 Å². The number of benzene rings is 1. The average molecular weight is 260 g/mol. The molecule has 18 heavy (non-hydrogen) atoms. The van der Waals surface area contributed by atoms with Gasteiger partial charge in [-0.1, -0.05) is 12.1 Å². The monoisotopic (exact) mass is 260 g/mol. The van der Waals surface area contributed by atoms with E-state index in [2.05, 4.69) is 65.4 Å². The minimum atomic E-state index is 0.385. The van der Waals surface area contributed by atoms with Gasteiger partial charge in [-0.2, -0.15) is 11.3 Å². The third kappa shape index (κ3) is 3.12. The Morgan fingerprint density at radius 2 is 1.89 bits per heavy atom. The lowest BCUT2D eigenvalue weighted by Crippen LogP contribution is -2.18. The molecule has 1 unspecified atom stereocenters. The van der Waals surface area contributed by atoms with Gasteiger partial charge in [0, 0.05) is 25.8 Å². The maximum Gasteiger partial charge on any atom is 0.0361 e. The molecule has 0 spiro atoms. The smallest absolute Gasteiger partial charge is 0.0361 e. The summed E-state index contributed by atoms with van der Waals surface area (Å²) in [6.07, 6.45) is 1.04. The van der Waals surface area contributed by atoms with E-state index in [1.165, 1.54) is 16.8 Å². The van der Waals surface area contributed by atoms with Crippen LogP contribution in [0.2, 0.25) is 0 Å². The summed E-state index contributed by atoms with van der Waals surface area (Å²) in [6.45, 7) is 0. The summed E-state index contributed by atoms with van der Waals surface area (Å²) in [4.78, 5) is 2.12. The van der Waals surface area contributed by atoms with Crippen molar-refractivity contribution in [2.24, 2.45) is 0 Å². The van der Waals surface area contributed by atoms with Crippen LogP contribution in [-0.2, 0) is 6.42 Å². The molecule has 0 bridgehead atoms. The second kappa shape index (κ2) is 6.03. The minimum absolute atomic E-state index is 0.385. The number of hydrogen-bond donors (Lipinski definition) is 1. The summed E-state index contributed by atoms with van der Waals surface area (Å²) in [5, 5.41) is 7.75. The van der Waals surface area contributed by atoms with E-state index in [1.807, 2.05) is 7.05 Å². The molecular formula is C15H20N2S. The molecule has 0 aliphatic carbocycles. The molecule has 0 amide bonds. The molecule has 1 aromatic heterocycles. The molecule has 0 radical (unpaired) electrons. The molecule has 1 aromatic carbocycles. The lowest BCUT2D eigenvalue weighted by Gasteiger charge is -2.18. The predicted octanol–water partition coefficient (Wildman–Crippen LogP) is 3.32. The lowest BCUT2D eigenvalue weighted by atomic mass is 10.0. The van der Waals surface area contributed by atoms with Crippen LogP contribution in [0.3, 0.4) is 0 Å². The molecule has 2 aromatic rings. The van der Waals surface area contributed by atoms with Gasteiger partial charge in [0.05, 0.1) is 0 Å². The molecule has 0 aliphatic rings. The molecule has 0 aliphatic heterocycles. The van der Waals surface area contributed by atoms with Crippen molar-refractivity contribution in [3.05, 3.63) is 52.2 Å². The Morgan fingerprint density at radius 1 is 1.17 bits per heavy atom. The van der Waals surface area contributed by atoms with Crippen molar-refractivity contribution in [3.8, 4) is 0 Å². The van der Waals surface area contributed by atoms with Crippen LogP contribution in [0.25, 0.3) is 0 Å². The van der Waals surface area contributed by atoms with Crippen LogP contribution in [0.1, 0.15) is 17.2 Å². The largest absolute Gasteiger partial charge is 0.378 e. The first-order valence-electron chi connectivity index (χ1n) is 6.16. The molecule has 1 atom stereocenters. The lowest BCUT2D eigenvalue weighted by molar-refractivity contribution is 0.593. The van der Waals surface area contributed by atoms with Crippen molar-refractivity contribution in [1.29, 1.82) is 0 Å². The van der Waals surface area contributed by atoms with Gasteiger partial charge in [-0.25, -0.2) is 0 Å². The highest BCUT2D eigenvalue weighted by Gasteiger charge is 2.10. The number of anilines is 1. The van der Waals surface area contributed by atoms with Gasteiger partial charge in [0.1, 0.15) is 0 Å². The van der Waals surface area contributed by atoms with E-state index in [0.717, 1.165) is 6.42 Å². The fraction of sp³-hybridized carbons (Fsp3) is 0.333. The highest BCUT2D eigenvalue weighted by atomic mass is 32.1. The molecule has 2 nitrogen and oxygen atoms in total. The van der Waals surface area contributed by atoms with Crippen molar-refractivity contribution in [2.75, 3.05) is 26.0 Å². The van der Waals surface area contributed by atoms with Gasteiger partial charge in [0.25, 0.3) is 0 Å². The molecule has 0 saturated carbocycles. The molecule has 96 valence electrons. The zero-order chi connectivity index (χ0) is 13.0. The van der Waals surface area contributed by atoms with Gasteiger partial charge in [0.15, 0.2) is 0 Å². The predicted molar refractivity (Wildman–Crippen MR) is 80.6 cm³/mol. The first-order valence-corrected chi connectivity index (χ1v) is 7.10. The maximum absolute atomic E-state index is 3.40. The van der Waals surface area contributed by atoms with E-state index in [1.54, 1.807) is 11.3 Å². The summed E-state index contributed by atoms with van der Waals surface area (Å²) in [5.74, 6) is 0. The molecule has 0 fully saturated rings. The fourth-order valence-corrected chi connectivity index (χ4v) is 2.72. The summed E-state index contributed by atoms with van der Waals surface area (Å²) in [5.41, 5.74) is 3.98. The summed E-state index contributed by atoms with van der Waals surface area (Å²) in [7, 11) is 6.16. The van der Waals surface area contributed by atoms with Crippen LogP contribution >= 0.6 is 11.3 Å². The van der Waals surface area contributed by atoms with E-state index in [4.69, 9.17) is 0 Å². The van der Waals surface area contributed by atoms with Crippen molar-refractivity contribution in [3.63, 3.8) is 0 Å². The molecule has 2 rings (SSSR count). The van der Waals surface area contributed by atoms with E-state index in [-0.39, 0.29) is 0 Å². The van der Waals surface area contributed by atoms with Gasteiger partial charge >= 0.3 is 0 Å². The van der Waals surface area contributed by atoms with E-state index >= 15 is 0 Å². The number of thiophene rings is 1. The van der Waals surface area contributed by atoms with Gasteiger partial charge < -0.3 is 10.2 Å². The van der Waals surface area contributed by atoms with Crippen LogP contribution in [0.15, 0.2) is 41.1 Å². The number of hydrogen-bond acceptors (Lipinski definition) is 3. The van der Waals surface area contributed by atoms with Gasteiger partial charge in [-0.15, -0.1) is 0 Å². The Bertz CT molecular complexity index is 460. The summed E-state index contributed by atoms with van der Waals surface area (Å²) >= 11 is 1.76. The Kier molecular flexibility index (Phi) is 4.39. The van der Waals surface area contributed by atoms with E-state index in [0.29, 0.717) is 6.04 Å². The Balaban J connectivity index is 2.12. The Labute approximate surface area is 113 Å². The van der Waals surface area contributed by atoms with E-state index in [9.17, 15) is 0 Å². The molecular weight excluding hydrogens is 240 g/mol. The van der Waals surface area contributed by atoms with Crippen LogP contribution in [0.5, 0.6) is 0 Å². The van der Waals surface area contributed by atoms with Crippen molar-refractivity contribution in [1.82, 2.24) is 5.32 Å². The SMILES string of the molecule is CNC(Cc1ccsc1)c1ccc(N(C)C)cc1. The third-order valence-corrected chi connectivity index (χ3v) is 3.91. The second-order valence-electron chi connectivity index (χ2n) is 4.66. The van der Waals surface area contributed by atoms with Gasteiger partial charge in [-0.05, 0) is 53.6 Å². The number of nitrogens with one attached hydrogen (secondary N) is 1. The standard InChI is InChI=1S/C15H20N2S/c1-16-15(10-12-8-9-18-11-12)13-4-6-14(7-5-13)17(2)3/h4-9,11,15-16H,10H2,1-3H3. The van der Waals surface area contributed by atoms with Gasteiger partial charge in [0.2, 0.25) is 0 Å². The van der Waals surface area contributed by atoms with Crippen molar-refractivity contribution < 1.29 is 0 Å². The Hall–Kier alpha value is -1.32. The molecule has 0 saturated heterocycles. The maximum atomic E-state index is 3.40. The minimum Gasteiger partial charge on any atom is -0.378 e. The zero-order valence-electron chi connectivity index (χ0n) is 11.2. The topological polar surface area (TPSA) is 15.3 Å². The van der Waals surface area contributed by atoms with Crippen LogP contribution in [-0.4, -0.2) is 21.1 Å². The highest BCUT2D eigenvalue weighted by Crippen LogP contribution is 2.22. The normalized spacial score (nSPS) is 12.4. The fourth-order valence-electron chi connectivity index (χ4n) is 2.04. The van der Waals surface area contributed by atoms with Gasteiger partial charge in [-0.3, -0.25) is 0 Å². The Morgan fingerprint density at radius 3 is 2.39 bits per heavy atom. The molecule has 3 heteroatoms. The third-order valence-electron chi connectivity index (χ3n) is 3.18. The first-order chi connectivity index (χ1) is 8.70. The van der Waals surface area contributed by atoms with Crippen LogP contribution < -0.4 is 10.2 Å². The number of likely N-dealkylation sites (N-methyl/N-ethyl adjacent to an activating group) is 1. The van der Waals surface area contributed by atoms with Crippen molar-refractivity contribution in [2.45, 2.75) is 12.5 Å². The number of rotatable bonds is 5. The molecule has 1 heterocycles. The number of nitrogens with zero attached hydrogens (tertiary/aromatic N) is 1. The van der Waals surface area contributed by atoms with E-state index < -0.39 is 0 Å². The second-order valence-corrected chi connectivity index (χ2v) is 5.44. The zero-order valence-corrected chi connectivity index (χ0v) is 12.0.